The van der Waals surface area contributed by atoms with Gasteiger partial charge in [-0.25, -0.2) is 9.57 Å². The molecule has 9 heterocycles. The van der Waals surface area contributed by atoms with Gasteiger partial charge in [0, 0.05) is 104 Å². The van der Waals surface area contributed by atoms with Gasteiger partial charge in [-0.3, -0.25) is 10.1 Å². The van der Waals surface area contributed by atoms with Gasteiger partial charge in [0.05, 0.1) is 16.2 Å². The molecule has 0 spiro atoms. The summed E-state index contributed by atoms with van der Waals surface area (Å²) in [6.45, 7) is 9.21. The van der Waals surface area contributed by atoms with Crippen LogP contribution < -0.4 is 34.7 Å². The molecular formula is C54H59N8O5+. The van der Waals surface area contributed by atoms with Crippen molar-refractivity contribution < 1.29 is 19.9 Å². The fourth-order valence-corrected chi connectivity index (χ4v) is 12.7. The Morgan fingerprint density at radius 3 is 1.85 bits per heavy atom. The molecule has 0 unspecified atom stereocenters. The first kappa shape index (κ1) is 41.9. The normalized spacial score (nSPS) is 18.8. The predicted octanol–water partition coefficient (Wildman–Crippen LogP) is 9.33. The van der Waals surface area contributed by atoms with Crippen molar-refractivity contribution in [2.45, 2.75) is 103 Å². The number of rotatable bonds is 3. The lowest BCUT2D eigenvalue weighted by Crippen LogP contribution is -2.45. The highest BCUT2D eigenvalue weighted by molar-refractivity contribution is 5.76. The molecule has 9 aliphatic rings. The van der Waals surface area contributed by atoms with E-state index in [0.717, 1.165) is 86.1 Å². The number of ether oxygens (including phenoxy) is 1. The van der Waals surface area contributed by atoms with Gasteiger partial charge >= 0.3 is 0 Å². The van der Waals surface area contributed by atoms with E-state index in [1.807, 2.05) is 12.1 Å². The molecule has 0 saturated heterocycles. The highest BCUT2D eigenvalue weighted by atomic mass is 16.6. The van der Waals surface area contributed by atoms with Crippen molar-refractivity contribution in [1.82, 2.24) is 4.58 Å². The largest absolute Gasteiger partial charge is 0.508 e. The molecule has 344 valence electrons. The highest BCUT2D eigenvalue weighted by Crippen LogP contribution is 2.49. The zero-order valence-corrected chi connectivity index (χ0v) is 38.4. The molecule has 13 heteroatoms. The van der Waals surface area contributed by atoms with Crippen LogP contribution in [0.3, 0.4) is 0 Å². The molecule has 5 aromatic carbocycles. The minimum Gasteiger partial charge on any atom is -0.508 e. The van der Waals surface area contributed by atoms with E-state index < -0.39 is 4.92 Å². The zero-order chi connectivity index (χ0) is 45.2. The van der Waals surface area contributed by atoms with E-state index >= 15 is 0 Å². The summed E-state index contributed by atoms with van der Waals surface area (Å²) in [7, 11) is 0. The van der Waals surface area contributed by atoms with E-state index in [9.17, 15) is 20.3 Å². The fourth-order valence-electron chi connectivity index (χ4n) is 12.7. The number of phenolic OH excluding ortho intramolecular Hbond substituents is 2. The number of benzene rings is 5. The Morgan fingerprint density at radius 1 is 0.582 bits per heavy atom. The quantitative estimate of drug-likeness (QED) is 0.0775. The second-order valence-corrected chi connectivity index (χ2v) is 19.7. The second kappa shape index (κ2) is 17.3. The number of nitro benzene ring substituents is 1. The first-order valence-corrected chi connectivity index (χ1v) is 25.0. The number of hydrogen-bond acceptors (Lipinski definition) is 11. The monoisotopic (exact) mass is 899 g/mol. The number of anilines is 3. The number of non-ortho nitro benzene ring substituents is 1. The van der Waals surface area contributed by atoms with Crippen molar-refractivity contribution in [3.05, 3.63) is 120 Å². The molecule has 0 amide bonds. The van der Waals surface area contributed by atoms with Crippen molar-refractivity contribution in [3.63, 3.8) is 0 Å². The van der Waals surface area contributed by atoms with Gasteiger partial charge in [0.25, 0.3) is 5.69 Å². The van der Waals surface area contributed by atoms with E-state index in [-0.39, 0.29) is 11.4 Å². The molecule has 0 fully saturated rings. The molecule has 2 N–H and O–H groups in total. The van der Waals surface area contributed by atoms with Crippen LogP contribution >= 0.6 is 0 Å². The molecule has 0 atom stereocenters. The summed E-state index contributed by atoms with van der Waals surface area (Å²) in [5.74, 6) is 2.82. The molecular weight excluding hydrogens is 841 g/mol. The van der Waals surface area contributed by atoms with Crippen molar-refractivity contribution in [2.75, 3.05) is 67.1 Å². The van der Waals surface area contributed by atoms with Crippen molar-refractivity contribution >= 4 is 39.8 Å². The minimum absolute atomic E-state index is 0.0140. The number of nitrogens with zero attached hydrogens (tertiary/aromatic N) is 8. The number of hydrogen-bond donors (Lipinski definition) is 2. The number of nitro groups is 1. The van der Waals surface area contributed by atoms with E-state index in [2.05, 4.69) is 47.7 Å². The third-order valence-electron chi connectivity index (χ3n) is 15.5. The number of aryl methyl sites for hydroxylation is 4. The Hall–Kier alpha value is -6.50. The maximum atomic E-state index is 10.7. The molecule has 13 nitrogen and oxygen atoms in total. The SMILES string of the molecule is O=[N+]([O-])c1ccc(N=Nc2cc3c4c(c2O)CCCN4CCC3)cc1.Oc1ccc2c3c1CCCN3CCC2.c1c2c3c(c4c1N=c1cc5c6c(c1O4)CCC[N+]=6CCC5)CCCN3CCC2. The molecule has 0 aliphatic carbocycles. The summed E-state index contributed by atoms with van der Waals surface area (Å²) in [5, 5.41) is 42.0. The topological polar surface area (TPSA) is 143 Å². The van der Waals surface area contributed by atoms with E-state index in [1.54, 1.807) is 12.1 Å². The van der Waals surface area contributed by atoms with Crippen LogP contribution in [-0.2, 0) is 51.4 Å². The van der Waals surface area contributed by atoms with Crippen LogP contribution in [0.15, 0.2) is 69.8 Å². The third-order valence-corrected chi connectivity index (χ3v) is 15.5. The average molecular weight is 900 g/mol. The number of azo groups is 1. The first-order chi connectivity index (χ1) is 32.9. The van der Waals surface area contributed by atoms with Gasteiger partial charge in [0.15, 0.2) is 11.5 Å². The first-order valence-electron chi connectivity index (χ1n) is 25.0. The van der Waals surface area contributed by atoms with Crippen LogP contribution in [0.2, 0.25) is 0 Å². The number of aromatic hydroxyl groups is 2. The van der Waals surface area contributed by atoms with E-state index in [0.29, 0.717) is 17.1 Å². The molecule has 14 rings (SSSR count). The highest BCUT2D eigenvalue weighted by Gasteiger charge is 2.34. The van der Waals surface area contributed by atoms with E-state index in [4.69, 9.17) is 9.73 Å². The molecule has 67 heavy (non-hydrogen) atoms. The van der Waals surface area contributed by atoms with Gasteiger partial charge in [-0.05, 0) is 143 Å². The fraction of sp³-hybridized carbons (Fsp3) is 0.444. The summed E-state index contributed by atoms with van der Waals surface area (Å²) < 4.78 is 9.36. The van der Waals surface area contributed by atoms with Gasteiger partial charge in [-0.2, -0.15) is 5.11 Å². The summed E-state index contributed by atoms with van der Waals surface area (Å²) >= 11 is 0. The Labute approximate surface area is 390 Å². The van der Waals surface area contributed by atoms with Crippen LogP contribution in [0.1, 0.15) is 95.9 Å². The zero-order valence-electron chi connectivity index (χ0n) is 38.4. The molecule has 0 bridgehead atoms. The standard InChI is InChI=1S/C24H26N3O.C18H18N4O3.C12H15NO/c1-5-15-13-19-23(17-7-3-11-26(9-1)21(15)17)28-24-18-8-4-12-27-10-2-6-16(22(18)27)14-20(24)25-19;23-18-15-4-2-10-21-9-1-3-12(17(15)21)11-16(18)20-19-13-5-7-14(8-6-13)22(24)25;14-11-6-5-9-3-1-7-13-8-2-4-10(11)12(9)13/h13-14H,1-12H2;5-8,11,23H,1-4,9-10H2;5-6,14H,1-4,7-8H2/q+1;;. The van der Waals surface area contributed by atoms with Gasteiger partial charge in [-0.15, -0.1) is 5.11 Å². The van der Waals surface area contributed by atoms with Gasteiger partial charge in [0.1, 0.15) is 41.3 Å². The van der Waals surface area contributed by atoms with Crippen LogP contribution in [0, 0.1) is 10.1 Å². The van der Waals surface area contributed by atoms with Crippen molar-refractivity contribution in [3.8, 4) is 23.0 Å². The van der Waals surface area contributed by atoms with Gasteiger partial charge in [0.2, 0.25) is 5.36 Å². The summed E-state index contributed by atoms with van der Waals surface area (Å²) in [6, 6.07) is 16.4. The summed E-state index contributed by atoms with van der Waals surface area (Å²) in [6.07, 6.45) is 18.2. The van der Waals surface area contributed by atoms with Gasteiger partial charge < -0.3 is 29.6 Å². The van der Waals surface area contributed by atoms with Crippen molar-refractivity contribution in [1.29, 1.82) is 0 Å². The third kappa shape index (κ3) is 7.54. The van der Waals surface area contributed by atoms with Crippen molar-refractivity contribution in [2.24, 2.45) is 15.2 Å². The molecule has 0 radical (unpaired) electrons. The second-order valence-electron chi connectivity index (χ2n) is 19.7. The lowest BCUT2D eigenvalue weighted by atomic mass is 9.90. The Balaban J connectivity index is 0.000000110. The number of phenols is 2. The van der Waals surface area contributed by atoms with Crippen LogP contribution in [-0.4, -0.2) is 67.5 Å². The number of fused-ring (bicyclic) bond motifs is 4. The molecule has 9 aliphatic heterocycles. The Morgan fingerprint density at radius 2 is 1.15 bits per heavy atom. The minimum atomic E-state index is -0.452. The summed E-state index contributed by atoms with van der Waals surface area (Å²) in [4.78, 5) is 22.8. The van der Waals surface area contributed by atoms with E-state index in [1.165, 1.54) is 171 Å². The Kier molecular flexibility index (Phi) is 10.8. The van der Waals surface area contributed by atoms with Crippen LogP contribution in [0.25, 0.3) is 0 Å². The maximum Gasteiger partial charge on any atom is 0.269 e. The summed E-state index contributed by atoms with van der Waals surface area (Å²) in [5.41, 5.74) is 16.7. The maximum absolute atomic E-state index is 10.7. The lowest BCUT2D eigenvalue weighted by Gasteiger charge is -2.38. The Bertz CT molecular complexity index is 2990. The van der Waals surface area contributed by atoms with Crippen LogP contribution in [0.4, 0.5) is 39.8 Å². The molecule has 0 aromatic heterocycles. The smallest absolute Gasteiger partial charge is 0.269 e. The van der Waals surface area contributed by atoms with Gasteiger partial charge in [-0.1, -0.05) is 6.07 Å². The molecule has 5 aromatic rings. The van der Waals surface area contributed by atoms with Crippen LogP contribution in [0.5, 0.6) is 23.0 Å². The average Bonchev–Trinajstić information content (AvgIpc) is 3.36. The molecule has 0 saturated carbocycles. The predicted molar refractivity (Wildman–Crippen MR) is 261 cm³/mol. The lowest BCUT2D eigenvalue weighted by molar-refractivity contribution is -0.384.